The van der Waals surface area contributed by atoms with Gasteiger partial charge in [-0.15, -0.1) is 0 Å². The van der Waals surface area contributed by atoms with Gasteiger partial charge < -0.3 is 64.2 Å². The molecule has 0 atom stereocenters. The molecule has 0 heterocycles. The fourth-order valence-electron chi connectivity index (χ4n) is 0. The molecule has 0 amide bonds. The van der Waals surface area contributed by atoms with E-state index in [9.17, 15) is 0 Å². The Labute approximate surface area is 231 Å². The van der Waals surface area contributed by atoms with Crippen molar-refractivity contribution in [3.8, 4) is 0 Å². The monoisotopic (exact) mass is 420 g/mol. The van der Waals surface area contributed by atoms with Crippen LogP contribution in [0.4, 0.5) is 0 Å². The van der Waals surface area contributed by atoms with Crippen molar-refractivity contribution in [1.29, 1.82) is 0 Å². The fraction of sp³-hybridized carbons (Fsp3) is 0. The van der Waals surface area contributed by atoms with E-state index in [4.69, 9.17) is 0 Å². The van der Waals surface area contributed by atoms with Gasteiger partial charge >= 0.3 is 171 Å². The van der Waals surface area contributed by atoms with Crippen molar-refractivity contribution >= 4 is 119 Å². The van der Waals surface area contributed by atoms with Crippen molar-refractivity contribution < 1.29 is 116 Å². The Morgan fingerprint density at radius 1 is 0.300 bits per heavy atom. The second-order valence-electron chi connectivity index (χ2n) is 0. The van der Waals surface area contributed by atoms with Crippen LogP contribution in [0.3, 0.4) is 0 Å². The summed E-state index contributed by atoms with van der Waals surface area (Å²) in [5.74, 6) is 0. The van der Waals surface area contributed by atoms with Gasteiger partial charge in [-0.2, -0.15) is 0 Å². The minimum atomic E-state index is 0. The summed E-state index contributed by atoms with van der Waals surface area (Å²) in [4.78, 5) is 0. The Kier molecular flexibility index (Phi) is 18700. The average molecular weight is 421 g/mol. The van der Waals surface area contributed by atoms with Crippen LogP contribution in [0.15, 0.2) is 0 Å². The predicted octanol–water partition coefficient (Wildman–Crippen LogP) is -12.8. The first-order valence-corrected chi connectivity index (χ1v) is 0. The van der Waals surface area contributed by atoms with E-state index in [1.807, 2.05) is 0 Å². The maximum atomic E-state index is 0. The molecule has 0 aliphatic rings. The minimum absolute atomic E-state index is 0. The van der Waals surface area contributed by atoms with Gasteiger partial charge in [0.15, 0.2) is 0 Å². The van der Waals surface area contributed by atoms with E-state index >= 15 is 0 Å². The van der Waals surface area contributed by atoms with E-state index in [1.54, 1.807) is 0 Å². The maximum absolute atomic E-state index is 0. The summed E-state index contributed by atoms with van der Waals surface area (Å²) in [6.07, 6.45) is 0. The van der Waals surface area contributed by atoms with Gasteiger partial charge in [0.25, 0.3) is 0 Å². The molecule has 20 heavy (non-hydrogen) atoms. The van der Waals surface area contributed by atoms with Gasteiger partial charge in [-0.1, -0.05) is 0 Å². The van der Waals surface area contributed by atoms with Crippen molar-refractivity contribution in [3.63, 3.8) is 0 Å². The molecule has 0 aliphatic carbocycles. The van der Waals surface area contributed by atoms with Gasteiger partial charge in [0, 0.05) is 0 Å². The van der Waals surface area contributed by atoms with E-state index in [1.165, 1.54) is 0 Å². The van der Waals surface area contributed by atoms with Crippen molar-refractivity contribution in [2.24, 2.45) is 0 Å². The second kappa shape index (κ2) is 573. The summed E-state index contributed by atoms with van der Waals surface area (Å²) in [6, 6.07) is 0. The number of rotatable bonds is 0. The van der Waals surface area contributed by atoms with E-state index in [2.05, 4.69) is 0 Å². The van der Waals surface area contributed by atoms with Crippen LogP contribution < -0.4 is 60.8 Å². The third-order valence-corrected chi connectivity index (χ3v) is 0. The Bertz CT molecular complexity index is 41.7. The summed E-state index contributed by atoms with van der Waals surface area (Å²) in [6.45, 7) is 0. The summed E-state index contributed by atoms with van der Waals surface area (Å²) in [5, 5.41) is 0. The van der Waals surface area contributed by atoms with E-state index in [0.29, 0.717) is 0 Å². The first-order valence-electron chi connectivity index (χ1n) is 0. The van der Waals surface area contributed by atoms with Crippen LogP contribution >= 0.6 is 0 Å². The number of hydrogen-bond donors (Lipinski definition) is 0. The van der Waals surface area contributed by atoms with Gasteiger partial charge in [0.1, 0.15) is 0 Å². The molecule has 0 radical (unpaired) electrons. The Balaban J connectivity index is 0. The predicted molar refractivity (Wildman–Crippen MR) is 47.1 cm³/mol. The molecule has 20 heteroatoms. The van der Waals surface area contributed by atoms with Crippen LogP contribution in [0.5, 0.6) is 0 Å². The second-order valence-corrected chi connectivity index (χ2v) is 0. The SMILES string of the molecule is [Al+3].[F-].[F-].[K+].[Mg+2].[Mg+2].[Mg+2].[O-2].[O-2].[O-2].[O-2].[O-2].[O-2].[O-2].[O-2].[O-2].[O-2].[Si+4].[Si+4].[Si+4]. The molecule has 0 spiro atoms. The molecule has 0 aromatic carbocycles. The molecule has 0 saturated carbocycles. The van der Waals surface area contributed by atoms with Crippen LogP contribution in [0, 0.1) is 0 Å². The molecule has 0 aliphatic heterocycles. The molecule has 0 unspecified atom stereocenters. The molecular weight excluding hydrogens is 421 g/mol. The number of halogens is 2. The zero-order valence-corrected chi connectivity index (χ0v) is 21.6. The van der Waals surface area contributed by atoms with Crippen molar-refractivity contribution in [2.75, 3.05) is 0 Å². The normalized spacial score (nSPS) is 0. The van der Waals surface area contributed by atoms with Crippen molar-refractivity contribution in [2.45, 2.75) is 0 Å². The van der Waals surface area contributed by atoms with Crippen molar-refractivity contribution in [3.05, 3.63) is 0 Å². The smallest absolute Gasteiger partial charge is 2.00 e. The van der Waals surface area contributed by atoms with E-state index in [-0.39, 0.29) is 235 Å². The summed E-state index contributed by atoms with van der Waals surface area (Å²) in [5.41, 5.74) is 0. The molecule has 0 rings (SSSR count). The Hall–Kier alpha value is 4.58. The standard InChI is InChI=1S/Al.2FH.K.3Mg.10O.3Si/h;2*1H;;;;;;;;;;;;;;;;;/q+3;;;+1;3*+2;10*-2;3*+4/p-2. The number of hydrogen-bond acceptors (Lipinski definition) is 0. The zero-order valence-electron chi connectivity index (χ0n) is 10.0. The van der Waals surface area contributed by atoms with E-state index in [0.717, 1.165) is 0 Å². The van der Waals surface area contributed by atoms with Crippen LogP contribution in [0.25, 0.3) is 0 Å². The molecule has 0 saturated heterocycles. The summed E-state index contributed by atoms with van der Waals surface area (Å²) >= 11 is 0. The molecule has 0 aromatic rings. The van der Waals surface area contributed by atoms with Gasteiger partial charge in [-0.3, -0.25) is 0 Å². The first kappa shape index (κ1) is 652. The first-order chi connectivity index (χ1) is 0. The van der Waals surface area contributed by atoms with Gasteiger partial charge in [-0.25, -0.2) is 0 Å². The van der Waals surface area contributed by atoms with E-state index < -0.39 is 0 Å². The van der Waals surface area contributed by atoms with Crippen LogP contribution in [-0.4, -0.2) is 119 Å². The fourth-order valence-corrected chi connectivity index (χ4v) is 0. The average Bonchev–Trinajstić information content (AvgIpc) is 0. The largest absolute Gasteiger partial charge is 4.00 e. The third kappa shape index (κ3) is 502. The van der Waals surface area contributed by atoms with Crippen LogP contribution in [-0.2, 0) is 54.8 Å². The Morgan fingerprint density at radius 3 is 0.300 bits per heavy atom. The third-order valence-electron chi connectivity index (χ3n) is 0. The molecule has 0 fully saturated rings. The molecule has 10 nitrogen and oxygen atoms in total. The zero-order chi connectivity index (χ0) is 0. The molecule has 0 aromatic heterocycles. The topological polar surface area (TPSA) is 285 Å². The maximum Gasteiger partial charge on any atom is 4.00 e. The Morgan fingerprint density at radius 2 is 0.300 bits per heavy atom. The molecule has 96 valence electrons. The van der Waals surface area contributed by atoms with Gasteiger partial charge in [0.2, 0.25) is 0 Å². The van der Waals surface area contributed by atoms with Crippen LogP contribution in [0.1, 0.15) is 0 Å². The van der Waals surface area contributed by atoms with Crippen molar-refractivity contribution in [1.82, 2.24) is 0 Å². The summed E-state index contributed by atoms with van der Waals surface area (Å²) < 4.78 is 0. The van der Waals surface area contributed by atoms with Gasteiger partial charge in [0.05, 0.1) is 0 Å². The van der Waals surface area contributed by atoms with Gasteiger partial charge in [-0.05, 0) is 0 Å². The minimum Gasteiger partial charge on any atom is -2.00 e. The van der Waals surface area contributed by atoms with Crippen LogP contribution in [0.2, 0.25) is 0 Å². The molecular formula is AlF2KMg3O10Si3. The summed E-state index contributed by atoms with van der Waals surface area (Å²) in [7, 11) is 0. The quantitative estimate of drug-likeness (QED) is 0.329. The molecule has 0 N–H and O–H groups in total. The molecule has 0 bridgehead atoms.